The topological polar surface area (TPSA) is 171 Å². The number of carbonyl (C=O) groups excluding carboxylic acids is 1. The van der Waals surface area contributed by atoms with Gasteiger partial charge in [0.2, 0.25) is 0 Å². The monoisotopic (exact) mass is 953 g/mol. The van der Waals surface area contributed by atoms with Crippen LogP contribution in [-0.2, 0) is 75.9 Å². The van der Waals surface area contributed by atoms with E-state index in [0.717, 1.165) is 12.8 Å². The molecule has 0 N–H and O–H groups in total. The highest BCUT2D eigenvalue weighted by Gasteiger charge is 2.14. The normalized spacial score (nSPS) is 11.8. The number of hydrogen-bond acceptors (Lipinski definition) is 16. The SMILES string of the molecule is CCCCCCCCCCCCCCCCCC(=O)OCCOCCOCCOCCOCCOCCOCCOCCOCCOCCOCCOCCOS(=O)(=O)c1ccccc1. The molecule has 1 rings (SSSR count). The molecule has 0 aliphatic heterocycles. The fourth-order valence-corrected chi connectivity index (χ4v) is 7.00. The zero-order valence-electron chi connectivity index (χ0n) is 40.1. The van der Waals surface area contributed by atoms with Gasteiger partial charge in [-0.15, -0.1) is 0 Å². The molecule has 16 nitrogen and oxygen atoms in total. The number of unbranched alkanes of at least 4 members (excludes halogenated alkanes) is 14. The quantitative estimate of drug-likeness (QED) is 0.0360. The van der Waals surface area contributed by atoms with E-state index < -0.39 is 10.1 Å². The molecule has 0 saturated heterocycles. The minimum absolute atomic E-state index is 0.0630. The van der Waals surface area contributed by atoms with Gasteiger partial charge in [0.1, 0.15) is 6.61 Å². The Bertz CT molecular complexity index is 1210. The van der Waals surface area contributed by atoms with Gasteiger partial charge in [-0.3, -0.25) is 8.98 Å². The summed E-state index contributed by atoms with van der Waals surface area (Å²) in [7, 11) is -3.77. The second-order valence-corrected chi connectivity index (χ2v) is 16.9. The van der Waals surface area contributed by atoms with Crippen LogP contribution < -0.4 is 0 Å². The van der Waals surface area contributed by atoms with Gasteiger partial charge in [-0.2, -0.15) is 8.42 Å². The van der Waals surface area contributed by atoms with Crippen LogP contribution in [0.2, 0.25) is 0 Å². The summed E-state index contributed by atoms with van der Waals surface area (Å²) >= 11 is 0. The van der Waals surface area contributed by atoms with Crippen molar-refractivity contribution in [3.63, 3.8) is 0 Å². The number of esters is 1. The number of carbonyl (C=O) groups is 1. The standard InChI is InChI=1S/C48H88O16S/c1-2-3-4-5-6-7-8-9-10-11-12-13-14-15-19-22-48(49)63-45-43-61-41-39-59-37-35-57-33-31-55-29-27-53-25-23-52-24-26-54-28-30-56-32-34-58-36-38-60-40-42-62-44-46-64-65(50,51)47-20-17-16-18-21-47/h16-18,20-21H,2-15,19,22-46H2,1H3. The summed E-state index contributed by atoms with van der Waals surface area (Å²) in [5.41, 5.74) is 0. The smallest absolute Gasteiger partial charge is 0.305 e. The van der Waals surface area contributed by atoms with E-state index in [9.17, 15) is 13.2 Å². The Morgan fingerprint density at radius 1 is 0.354 bits per heavy atom. The summed E-state index contributed by atoms with van der Waals surface area (Å²) in [6.07, 6.45) is 20.1. The zero-order valence-corrected chi connectivity index (χ0v) is 40.9. The first-order valence-corrected chi connectivity index (χ1v) is 25.9. The van der Waals surface area contributed by atoms with Gasteiger partial charge in [-0.05, 0) is 18.6 Å². The Balaban J connectivity index is 1.64. The lowest BCUT2D eigenvalue weighted by Crippen LogP contribution is -2.16. The van der Waals surface area contributed by atoms with Gasteiger partial charge in [-0.25, -0.2) is 0 Å². The molecule has 1 aromatic rings. The fourth-order valence-electron chi connectivity index (χ4n) is 6.09. The number of rotatable bonds is 54. The van der Waals surface area contributed by atoms with Crippen molar-refractivity contribution in [1.82, 2.24) is 0 Å². The van der Waals surface area contributed by atoms with E-state index in [4.69, 9.17) is 61.0 Å². The molecule has 0 aliphatic rings. The molecule has 0 aromatic heterocycles. The molecule has 0 heterocycles. The summed E-state index contributed by atoms with van der Waals surface area (Å²) in [6, 6.07) is 7.98. The van der Waals surface area contributed by atoms with Gasteiger partial charge in [0, 0.05) is 6.42 Å². The third-order valence-corrected chi connectivity index (χ3v) is 11.0. The fraction of sp³-hybridized carbons (Fsp3) is 0.854. The van der Waals surface area contributed by atoms with Crippen LogP contribution in [-0.4, -0.2) is 173 Å². The van der Waals surface area contributed by atoms with Crippen LogP contribution in [0.5, 0.6) is 0 Å². The summed E-state index contributed by atoms with van der Waals surface area (Å²) in [6.45, 7) is 12.1. The van der Waals surface area contributed by atoms with E-state index in [-0.39, 0.29) is 30.7 Å². The maximum absolute atomic E-state index is 12.0. The molecule has 1 aromatic carbocycles. The summed E-state index contributed by atoms with van der Waals surface area (Å²) in [4.78, 5) is 12.0. The molecule has 65 heavy (non-hydrogen) atoms. The Hall–Kier alpha value is -1.84. The molecule has 0 fully saturated rings. The molecule has 0 radical (unpaired) electrons. The number of hydrogen-bond donors (Lipinski definition) is 0. The predicted octanol–water partition coefficient (Wildman–Crippen LogP) is 7.38. The average Bonchev–Trinajstić information content (AvgIpc) is 3.31. The van der Waals surface area contributed by atoms with Crippen LogP contribution in [0.1, 0.15) is 110 Å². The highest BCUT2D eigenvalue weighted by Crippen LogP contribution is 2.14. The Kier molecular flexibility index (Phi) is 47.1. The van der Waals surface area contributed by atoms with Crippen molar-refractivity contribution in [3.8, 4) is 0 Å². The Labute approximate surface area is 392 Å². The molecule has 0 amide bonds. The van der Waals surface area contributed by atoms with Gasteiger partial charge < -0.3 is 56.8 Å². The minimum atomic E-state index is -3.77. The summed E-state index contributed by atoms with van der Waals surface area (Å²) in [5, 5.41) is 0. The van der Waals surface area contributed by atoms with E-state index in [2.05, 4.69) is 6.92 Å². The van der Waals surface area contributed by atoms with E-state index >= 15 is 0 Å². The van der Waals surface area contributed by atoms with E-state index in [1.165, 1.54) is 95.6 Å². The van der Waals surface area contributed by atoms with Crippen molar-refractivity contribution in [3.05, 3.63) is 30.3 Å². The Morgan fingerprint density at radius 2 is 0.615 bits per heavy atom. The highest BCUT2D eigenvalue weighted by molar-refractivity contribution is 7.86. The molecule has 0 aliphatic carbocycles. The lowest BCUT2D eigenvalue weighted by atomic mass is 10.0. The van der Waals surface area contributed by atoms with Gasteiger partial charge in [0.25, 0.3) is 10.1 Å². The molecule has 0 atom stereocenters. The van der Waals surface area contributed by atoms with E-state index in [0.29, 0.717) is 145 Å². The van der Waals surface area contributed by atoms with Crippen LogP contribution in [0.15, 0.2) is 35.2 Å². The molecule has 382 valence electrons. The first kappa shape index (κ1) is 61.2. The van der Waals surface area contributed by atoms with Crippen LogP contribution >= 0.6 is 0 Å². The largest absolute Gasteiger partial charge is 0.463 e. The molecular formula is C48H88O16S. The Morgan fingerprint density at radius 3 is 0.923 bits per heavy atom. The lowest BCUT2D eigenvalue weighted by molar-refractivity contribution is -0.145. The maximum atomic E-state index is 12.0. The molecule has 17 heteroatoms. The van der Waals surface area contributed by atoms with Crippen molar-refractivity contribution in [2.45, 2.75) is 115 Å². The summed E-state index contributed by atoms with van der Waals surface area (Å²) < 4.78 is 94.4. The van der Waals surface area contributed by atoms with Crippen molar-refractivity contribution in [1.29, 1.82) is 0 Å². The van der Waals surface area contributed by atoms with Crippen molar-refractivity contribution < 1.29 is 74.2 Å². The molecule has 0 saturated carbocycles. The van der Waals surface area contributed by atoms with Crippen molar-refractivity contribution in [2.24, 2.45) is 0 Å². The van der Waals surface area contributed by atoms with Crippen LogP contribution in [0.4, 0.5) is 0 Å². The summed E-state index contributed by atoms with van der Waals surface area (Å²) in [5.74, 6) is -0.138. The third kappa shape index (κ3) is 45.7. The van der Waals surface area contributed by atoms with Crippen molar-refractivity contribution in [2.75, 3.05) is 159 Å². The first-order chi connectivity index (χ1) is 32.1. The number of ether oxygens (including phenoxy) is 12. The molecular weight excluding hydrogens is 865 g/mol. The van der Waals surface area contributed by atoms with Crippen LogP contribution in [0.25, 0.3) is 0 Å². The highest BCUT2D eigenvalue weighted by atomic mass is 32.2. The third-order valence-electron chi connectivity index (χ3n) is 9.69. The van der Waals surface area contributed by atoms with E-state index in [1.807, 2.05) is 0 Å². The second-order valence-electron chi connectivity index (χ2n) is 15.2. The maximum Gasteiger partial charge on any atom is 0.305 e. The molecule has 0 bridgehead atoms. The minimum Gasteiger partial charge on any atom is -0.463 e. The zero-order chi connectivity index (χ0) is 46.7. The van der Waals surface area contributed by atoms with Gasteiger partial charge >= 0.3 is 5.97 Å². The van der Waals surface area contributed by atoms with Gasteiger partial charge in [0.05, 0.1) is 157 Å². The van der Waals surface area contributed by atoms with Crippen molar-refractivity contribution >= 4 is 16.1 Å². The van der Waals surface area contributed by atoms with Crippen LogP contribution in [0, 0.1) is 0 Å². The van der Waals surface area contributed by atoms with Gasteiger partial charge in [0.15, 0.2) is 0 Å². The average molecular weight is 953 g/mol. The lowest BCUT2D eigenvalue weighted by Gasteiger charge is -2.09. The second kappa shape index (κ2) is 50.0. The van der Waals surface area contributed by atoms with Gasteiger partial charge in [-0.1, -0.05) is 115 Å². The number of benzene rings is 1. The van der Waals surface area contributed by atoms with E-state index in [1.54, 1.807) is 18.2 Å². The predicted molar refractivity (Wildman–Crippen MR) is 249 cm³/mol. The van der Waals surface area contributed by atoms with Crippen LogP contribution in [0.3, 0.4) is 0 Å². The first-order valence-electron chi connectivity index (χ1n) is 24.5. The molecule has 0 unspecified atom stereocenters. The molecule has 0 spiro atoms.